The van der Waals surface area contributed by atoms with Gasteiger partial charge in [0.1, 0.15) is 0 Å². The summed E-state index contributed by atoms with van der Waals surface area (Å²) in [4.78, 5) is 16.0. The lowest BCUT2D eigenvalue weighted by Crippen LogP contribution is -2.40. The fraction of sp³-hybridized carbons (Fsp3) is 0.500. The summed E-state index contributed by atoms with van der Waals surface area (Å²) in [7, 11) is 0. The molecule has 0 spiro atoms. The molecule has 0 aromatic carbocycles. The topological polar surface area (TPSA) is 68.0 Å². The number of pyridine rings is 1. The van der Waals surface area contributed by atoms with Crippen molar-refractivity contribution in [1.29, 1.82) is 0 Å². The van der Waals surface area contributed by atoms with Gasteiger partial charge in [-0.2, -0.15) is 0 Å². The molecule has 0 radical (unpaired) electrons. The highest BCUT2D eigenvalue weighted by Gasteiger charge is 2.15. The van der Waals surface area contributed by atoms with Crippen LogP contribution < -0.4 is 11.1 Å². The summed E-state index contributed by atoms with van der Waals surface area (Å²) in [6.07, 6.45) is 1.68. The first-order chi connectivity index (χ1) is 7.56. The molecule has 0 aliphatic carbocycles. The lowest BCUT2D eigenvalue weighted by atomic mass is 10.0. The van der Waals surface area contributed by atoms with Gasteiger partial charge < -0.3 is 11.1 Å². The Morgan fingerprint density at radius 3 is 2.81 bits per heavy atom. The van der Waals surface area contributed by atoms with E-state index in [1.807, 2.05) is 20.8 Å². The Morgan fingerprint density at radius 2 is 2.25 bits per heavy atom. The van der Waals surface area contributed by atoms with Gasteiger partial charge in [0.05, 0.1) is 5.56 Å². The van der Waals surface area contributed by atoms with Gasteiger partial charge in [-0.3, -0.25) is 9.78 Å². The van der Waals surface area contributed by atoms with E-state index in [1.54, 1.807) is 18.3 Å². The maximum atomic E-state index is 11.9. The Labute approximate surface area is 96.3 Å². The zero-order valence-corrected chi connectivity index (χ0v) is 10.0. The van der Waals surface area contributed by atoms with Crippen LogP contribution in [0.4, 0.5) is 0 Å². The number of nitrogens with one attached hydrogen (secondary N) is 1. The molecule has 0 saturated carbocycles. The van der Waals surface area contributed by atoms with Crippen LogP contribution in [0.1, 0.15) is 29.9 Å². The zero-order valence-electron chi connectivity index (χ0n) is 10.0. The summed E-state index contributed by atoms with van der Waals surface area (Å²) in [6.45, 7) is 6.36. The summed E-state index contributed by atoms with van der Waals surface area (Å²) in [5.74, 6) is 0.180. The lowest BCUT2D eigenvalue weighted by Gasteiger charge is -2.20. The zero-order chi connectivity index (χ0) is 12.1. The number of aryl methyl sites for hydroxylation is 1. The smallest absolute Gasteiger partial charge is 0.253 e. The summed E-state index contributed by atoms with van der Waals surface area (Å²) in [5, 5.41) is 2.93. The van der Waals surface area contributed by atoms with Crippen molar-refractivity contribution in [1.82, 2.24) is 10.3 Å². The molecule has 0 fully saturated rings. The summed E-state index contributed by atoms with van der Waals surface area (Å²) in [6, 6.07) is 3.60. The third kappa shape index (κ3) is 3.03. The van der Waals surface area contributed by atoms with Gasteiger partial charge in [-0.15, -0.1) is 0 Å². The third-order valence-corrected chi connectivity index (χ3v) is 2.84. The third-order valence-electron chi connectivity index (χ3n) is 2.84. The van der Waals surface area contributed by atoms with Crippen LogP contribution in [0.5, 0.6) is 0 Å². The molecule has 0 aliphatic rings. The average Bonchev–Trinajstić information content (AvgIpc) is 2.28. The molecular weight excluding hydrogens is 202 g/mol. The molecule has 4 nitrogen and oxygen atoms in total. The van der Waals surface area contributed by atoms with Crippen molar-refractivity contribution in [2.45, 2.75) is 26.8 Å². The molecule has 2 unspecified atom stereocenters. The quantitative estimate of drug-likeness (QED) is 0.800. The van der Waals surface area contributed by atoms with Crippen molar-refractivity contribution in [3.8, 4) is 0 Å². The Hall–Kier alpha value is -1.42. The molecule has 3 N–H and O–H groups in total. The highest BCUT2D eigenvalue weighted by atomic mass is 16.1. The number of carbonyl (C=O) groups is 1. The van der Waals surface area contributed by atoms with Gasteiger partial charge in [-0.05, 0) is 38.4 Å². The van der Waals surface area contributed by atoms with E-state index in [1.165, 1.54) is 0 Å². The van der Waals surface area contributed by atoms with Crippen molar-refractivity contribution in [2.24, 2.45) is 11.7 Å². The number of rotatable bonds is 4. The van der Waals surface area contributed by atoms with E-state index in [-0.39, 0.29) is 17.9 Å². The standard InChI is InChI=1S/C12H19N3O/c1-8(7-13)9(2)15-12(16)11-5-4-6-14-10(11)3/h4-6,8-9H,7,13H2,1-3H3,(H,15,16). The monoisotopic (exact) mass is 221 g/mol. The average molecular weight is 221 g/mol. The Bertz CT molecular complexity index is 365. The lowest BCUT2D eigenvalue weighted by molar-refractivity contribution is 0.0928. The predicted molar refractivity (Wildman–Crippen MR) is 64.1 cm³/mol. The fourth-order valence-electron chi connectivity index (χ4n) is 1.36. The molecule has 2 atom stereocenters. The number of aromatic nitrogens is 1. The Balaban J connectivity index is 2.70. The predicted octanol–water partition coefficient (Wildman–Crippen LogP) is 1.10. The second kappa shape index (κ2) is 5.61. The van der Waals surface area contributed by atoms with Crippen LogP contribution in [0.15, 0.2) is 18.3 Å². The highest BCUT2D eigenvalue weighted by molar-refractivity contribution is 5.95. The number of nitrogens with zero attached hydrogens (tertiary/aromatic N) is 1. The van der Waals surface area contributed by atoms with Gasteiger partial charge >= 0.3 is 0 Å². The Morgan fingerprint density at radius 1 is 1.56 bits per heavy atom. The van der Waals surface area contributed by atoms with E-state index in [9.17, 15) is 4.79 Å². The first kappa shape index (κ1) is 12.6. The van der Waals surface area contributed by atoms with Crippen molar-refractivity contribution < 1.29 is 4.79 Å². The second-order valence-corrected chi connectivity index (χ2v) is 4.11. The summed E-state index contributed by atoms with van der Waals surface area (Å²) < 4.78 is 0. The van der Waals surface area contributed by atoms with Crippen LogP contribution in [-0.2, 0) is 0 Å². The van der Waals surface area contributed by atoms with E-state index < -0.39 is 0 Å². The van der Waals surface area contributed by atoms with Crippen LogP contribution in [-0.4, -0.2) is 23.5 Å². The molecule has 16 heavy (non-hydrogen) atoms. The van der Waals surface area contributed by atoms with Crippen molar-refractivity contribution in [3.05, 3.63) is 29.6 Å². The molecule has 1 aromatic heterocycles. The summed E-state index contributed by atoms with van der Waals surface area (Å²) >= 11 is 0. The number of carbonyl (C=O) groups excluding carboxylic acids is 1. The van der Waals surface area contributed by atoms with Gasteiger partial charge in [-0.1, -0.05) is 6.92 Å². The molecule has 0 saturated heterocycles. The van der Waals surface area contributed by atoms with E-state index in [2.05, 4.69) is 10.3 Å². The van der Waals surface area contributed by atoms with Gasteiger partial charge in [-0.25, -0.2) is 0 Å². The van der Waals surface area contributed by atoms with Crippen LogP contribution in [0, 0.1) is 12.8 Å². The van der Waals surface area contributed by atoms with Gasteiger partial charge in [0.2, 0.25) is 0 Å². The SMILES string of the molecule is Cc1ncccc1C(=O)NC(C)C(C)CN. The number of hydrogen-bond donors (Lipinski definition) is 2. The van der Waals surface area contributed by atoms with E-state index in [0.717, 1.165) is 5.69 Å². The number of nitrogens with two attached hydrogens (primary N) is 1. The minimum absolute atomic E-state index is 0.0668. The van der Waals surface area contributed by atoms with Crippen LogP contribution in [0.3, 0.4) is 0 Å². The molecule has 88 valence electrons. The maximum Gasteiger partial charge on any atom is 0.253 e. The van der Waals surface area contributed by atoms with Crippen molar-refractivity contribution in [3.63, 3.8) is 0 Å². The Kier molecular flexibility index (Phi) is 4.43. The second-order valence-electron chi connectivity index (χ2n) is 4.11. The van der Waals surface area contributed by atoms with Crippen LogP contribution in [0.25, 0.3) is 0 Å². The largest absolute Gasteiger partial charge is 0.349 e. The van der Waals surface area contributed by atoms with E-state index >= 15 is 0 Å². The molecule has 1 heterocycles. The molecule has 1 amide bonds. The van der Waals surface area contributed by atoms with E-state index in [0.29, 0.717) is 12.1 Å². The maximum absolute atomic E-state index is 11.9. The van der Waals surface area contributed by atoms with Crippen molar-refractivity contribution >= 4 is 5.91 Å². The molecule has 0 aliphatic heterocycles. The van der Waals surface area contributed by atoms with E-state index in [4.69, 9.17) is 5.73 Å². The fourth-order valence-corrected chi connectivity index (χ4v) is 1.36. The molecule has 4 heteroatoms. The first-order valence-electron chi connectivity index (χ1n) is 5.48. The number of hydrogen-bond acceptors (Lipinski definition) is 3. The van der Waals surface area contributed by atoms with Gasteiger partial charge in [0.25, 0.3) is 5.91 Å². The van der Waals surface area contributed by atoms with Crippen LogP contribution >= 0.6 is 0 Å². The molecule has 1 rings (SSSR count). The first-order valence-corrected chi connectivity index (χ1v) is 5.48. The molecular formula is C12H19N3O. The van der Waals surface area contributed by atoms with Gasteiger partial charge in [0.15, 0.2) is 0 Å². The minimum atomic E-state index is -0.0848. The molecule has 1 aromatic rings. The number of amides is 1. The van der Waals surface area contributed by atoms with Gasteiger partial charge in [0, 0.05) is 17.9 Å². The highest BCUT2D eigenvalue weighted by Crippen LogP contribution is 2.06. The van der Waals surface area contributed by atoms with Crippen LogP contribution in [0.2, 0.25) is 0 Å². The normalized spacial score (nSPS) is 14.2. The molecule has 0 bridgehead atoms. The summed E-state index contributed by atoms with van der Waals surface area (Å²) in [5.41, 5.74) is 6.92. The van der Waals surface area contributed by atoms with Crippen molar-refractivity contribution in [2.75, 3.05) is 6.54 Å². The minimum Gasteiger partial charge on any atom is -0.349 e.